The summed E-state index contributed by atoms with van der Waals surface area (Å²) >= 11 is 0. The Morgan fingerprint density at radius 2 is 1.29 bits per heavy atom. The topological polar surface area (TPSA) is 43.7 Å². The Kier molecular flexibility index (Phi) is 12.3. The molecule has 0 atom stereocenters. The van der Waals surface area contributed by atoms with E-state index in [9.17, 15) is 0 Å². The molecule has 17 heavy (non-hydrogen) atoms. The highest BCUT2D eigenvalue weighted by molar-refractivity contribution is 4.57. The van der Waals surface area contributed by atoms with Crippen molar-refractivity contribution < 1.29 is 10.2 Å². The summed E-state index contributed by atoms with van der Waals surface area (Å²) in [5.74, 6) is 0.833. The zero-order valence-corrected chi connectivity index (χ0v) is 11.7. The fraction of sp³-hybridized carbons (Fsp3) is 1.00. The Balaban J connectivity index is 3.29. The van der Waals surface area contributed by atoms with Gasteiger partial charge in [0.1, 0.15) is 0 Å². The van der Waals surface area contributed by atoms with Gasteiger partial charge in [0.15, 0.2) is 0 Å². The van der Waals surface area contributed by atoms with Gasteiger partial charge in [0.25, 0.3) is 0 Å². The Labute approximate surface area is 107 Å². The first-order chi connectivity index (χ1) is 8.20. The van der Waals surface area contributed by atoms with Crippen molar-refractivity contribution in [3.05, 3.63) is 0 Å². The molecule has 0 aliphatic heterocycles. The number of aliphatic hydroxyl groups is 2. The fourth-order valence-electron chi connectivity index (χ4n) is 2.04. The van der Waals surface area contributed by atoms with Crippen LogP contribution in [0.1, 0.15) is 52.4 Å². The highest BCUT2D eigenvalue weighted by Gasteiger charge is 2.02. The first-order valence-electron chi connectivity index (χ1n) is 7.14. The molecule has 2 N–H and O–H groups in total. The van der Waals surface area contributed by atoms with Gasteiger partial charge in [-0.1, -0.05) is 46.0 Å². The van der Waals surface area contributed by atoms with Crippen molar-refractivity contribution in [1.29, 1.82) is 0 Å². The monoisotopic (exact) mass is 245 g/mol. The van der Waals surface area contributed by atoms with Crippen LogP contribution in [0, 0.1) is 5.92 Å². The van der Waals surface area contributed by atoms with Gasteiger partial charge in [0, 0.05) is 13.1 Å². The van der Waals surface area contributed by atoms with E-state index in [2.05, 4.69) is 18.7 Å². The van der Waals surface area contributed by atoms with Crippen molar-refractivity contribution in [3.8, 4) is 0 Å². The average Bonchev–Trinajstić information content (AvgIpc) is 2.28. The first-order valence-corrected chi connectivity index (χ1v) is 7.14. The molecule has 0 bridgehead atoms. The molecule has 0 fully saturated rings. The molecular formula is C14H31NO2. The minimum absolute atomic E-state index is 0.189. The van der Waals surface area contributed by atoms with Crippen LogP contribution in [0.5, 0.6) is 0 Å². The van der Waals surface area contributed by atoms with Crippen molar-refractivity contribution in [3.63, 3.8) is 0 Å². The van der Waals surface area contributed by atoms with E-state index in [0.29, 0.717) is 13.1 Å². The van der Waals surface area contributed by atoms with Crippen LogP contribution in [0.3, 0.4) is 0 Å². The predicted octanol–water partition coefficient (Wildman–Crippen LogP) is 2.27. The molecule has 3 nitrogen and oxygen atoms in total. The molecule has 0 rings (SSSR count). The number of hydrogen-bond acceptors (Lipinski definition) is 3. The Morgan fingerprint density at radius 3 is 1.82 bits per heavy atom. The van der Waals surface area contributed by atoms with Crippen molar-refractivity contribution in [2.75, 3.05) is 32.8 Å². The van der Waals surface area contributed by atoms with E-state index in [4.69, 9.17) is 10.2 Å². The molecule has 0 saturated carbocycles. The summed E-state index contributed by atoms with van der Waals surface area (Å²) in [4.78, 5) is 2.13. The van der Waals surface area contributed by atoms with Gasteiger partial charge in [0.2, 0.25) is 0 Å². The quantitative estimate of drug-likeness (QED) is 0.518. The fourth-order valence-corrected chi connectivity index (χ4v) is 2.04. The predicted molar refractivity (Wildman–Crippen MR) is 73.2 cm³/mol. The summed E-state index contributed by atoms with van der Waals surface area (Å²) in [6, 6.07) is 0. The lowest BCUT2D eigenvalue weighted by molar-refractivity contribution is 0.159. The maximum atomic E-state index is 8.86. The molecule has 3 heteroatoms. The smallest absolute Gasteiger partial charge is 0.0558 e. The summed E-state index contributed by atoms with van der Waals surface area (Å²) in [7, 11) is 0. The molecule has 0 radical (unpaired) electrons. The SMILES string of the molecule is CC(C)CCCCCCCN(CCO)CCO. The highest BCUT2D eigenvalue weighted by atomic mass is 16.3. The van der Waals surface area contributed by atoms with Gasteiger partial charge in [-0.05, 0) is 18.9 Å². The third-order valence-electron chi connectivity index (χ3n) is 3.09. The lowest BCUT2D eigenvalue weighted by Crippen LogP contribution is -2.30. The largest absolute Gasteiger partial charge is 0.395 e. The van der Waals surface area contributed by atoms with Crippen molar-refractivity contribution in [2.45, 2.75) is 52.4 Å². The molecule has 0 aromatic heterocycles. The minimum atomic E-state index is 0.189. The van der Waals surface area contributed by atoms with Crippen molar-refractivity contribution in [2.24, 2.45) is 5.92 Å². The molecule has 0 amide bonds. The third-order valence-corrected chi connectivity index (χ3v) is 3.09. The highest BCUT2D eigenvalue weighted by Crippen LogP contribution is 2.10. The summed E-state index contributed by atoms with van der Waals surface area (Å²) in [5, 5.41) is 17.7. The van der Waals surface area contributed by atoms with Crippen LogP contribution in [-0.4, -0.2) is 48.0 Å². The van der Waals surface area contributed by atoms with Gasteiger partial charge in [-0.15, -0.1) is 0 Å². The Morgan fingerprint density at radius 1 is 0.765 bits per heavy atom. The van der Waals surface area contributed by atoms with Gasteiger partial charge in [-0.25, -0.2) is 0 Å². The molecule has 0 aliphatic rings. The maximum absolute atomic E-state index is 8.86. The van der Waals surface area contributed by atoms with E-state index in [1.807, 2.05) is 0 Å². The maximum Gasteiger partial charge on any atom is 0.0558 e. The second-order valence-electron chi connectivity index (χ2n) is 5.24. The van der Waals surface area contributed by atoms with Gasteiger partial charge >= 0.3 is 0 Å². The minimum Gasteiger partial charge on any atom is -0.395 e. The van der Waals surface area contributed by atoms with Gasteiger partial charge in [0.05, 0.1) is 13.2 Å². The number of rotatable bonds is 12. The van der Waals surface area contributed by atoms with Gasteiger partial charge in [-0.2, -0.15) is 0 Å². The van der Waals surface area contributed by atoms with Gasteiger partial charge < -0.3 is 10.2 Å². The van der Waals surface area contributed by atoms with E-state index in [-0.39, 0.29) is 13.2 Å². The second-order valence-corrected chi connectivity index (χ2v) is 5.24. The number of hydrogen-bond donors (Lipinski definition) is 2. The lowest BCUT2D eigenvalue weighted by atomic mass is 10.0. The Hall–Kier alpha value is -0.120. The zero-order chi connectivity index (χ0) is 12.9. The van der Waals surface area contributed by atoms with Gasteiger partial charge in [-0.3, -0.25) is 4.90 Å². The average molecular weight is 245 g/mol. The summed E-state index contributed by atoms with van der Waals surface area (Å²) in [6.07, 6.45) is 7.82. The summed E-state index contributed by atoms with van der Waals surface area (Å²) < 4.78 is 0. The Bertz CT molecular complexity index is 145. The molecule has 0 unspecified atom stereocenters. The molecular weight excluding hydrogens is 214 g/mol. The molecule has 0 heterocycles. The molecule has 104 valence electrons. The summed E-state index contributed by atoms with van der Waals surface area (Å²) in [5.41, 5.74) is 0. The van der Waals surface area contributed by atoms with Crippen LogP contribution in [0.2, 0.25) is 0 Å². The first kappa shape index (κ1) is 16.9. The number of nitrogens with zero attached hydrogens (tertiary/aromatic N) is 1. The molecule has 0 saturated heterocycles. The lowest BCUT2D eigenvalue weighted by Gasteiger charge is -2.19. The van der Waals surface area contributed by atoms with E-state index in [1.54, 1.807) is 0 Å². The van der Waals surface area contributed by atoms with Crippen LogP contribution in [0.4, 0.5) is 0 Å². The van der Waals surface area contributed by atoms with Crippen LogP contribution in [0.15, 0.2) is 0 Å². The van der Waals surface area contributed by atoms with E-state index >= 15 is 0 Å². The molecule has 0 aromatic rings. The normalized spacial score (nSPS) is 11.6. The molecule has 0 spiro atoms. The van der Waals surface area contributed by atoms with E-state index < -0.39 is 0 Å². The number of aliphatic hydroxyl groups excluding tert-OH is 2. The van der Waals surface area contributed by atoms with Crippen molar-refractivity contribution >= 4 is 0 Å². The number of unbranched alkanes of at least 4 members (excludes halogenated alkanes) is 4. The van der Waals surface area contributed by atoms with Crippen molar-refractivity contribution in [1.82, 2.24) is 4.90 Å². The van der Waals surface area contributed by atoms with Crippen LogP contribution in [0.25, 0.3) is 0 Å². The van der Waals surface area contributed by atoms with Crippen LogP contribution < -0.4 is 0 Å². The molecule has 0 aromatic carbocycles. The van der Waals surface area contributed by atoms with Crippen LogP contribution in [-0.2, 0) is 0 Å². The standard InChI is InChI=1S/C14H31NO2/c1-14(2)8-6-4-3-5-7-9-15(10-12-16)11-13-17/h14,16-17H,3-13H2,1-2H3. The summed E-state index contributed by atoms with van der Waals surface area (Å²) in [6.45, 7) is 7.32. The second kappa shape index (κ2) is 12.3. The van der Waals surface area contributed by atoms with E-state index in [0.717, 1.165) is 12.5 Å². The molecule has 0 aliphatic carbocycles. The van der Waals surface area contributed by atoms with Crippen LogP contribution >= 0.6 is 0 Å². The zero-order valence-electron chi connectivity index (χ0n) is 11.7. The third kappa shape index (κ3) is 12.1. The van der Waals surface area contributed by atoms with E-state index in [1.165, 1.54) is 38.5 Å².